The summed E-state index contributed by atoms with van der Waals surface area (Å²) in [5, 5.41) is 3.25. The molecule has 0 heterocycles. The molecule has 2 unspecified atom stereocenters. The smallest absolute Gasteiger partial charge is 0.134 e. The molecule has 0 fully saturated rings. The predicted octanol–water partition coefficient (Wildman–Crippen LogP) is 2.44. The summed E-state index contributed by atoms with van der Waals surface area (Å²) in [6.07, 6.45) is 0. The molecule has 1 rings (SSSR count). The van der Waals surface area contributed by atoms with Gasteiger partial charge in [-0.15, -0.1) is 0 Å². The molecule has 0 bridgehead atoms. The molecule has 0 spiro atoms. The van der Waals surface area contributed by atoms with Crippen molar-refractivity contribution in [2.24, 2.45) is 5.41 Å². The number of rotatable bonds is 5. The first-order valence-electron chi connectivity index (χ1n) is 6.08. The van der Waals surface area contributed by atoms with Crippen molar-refractivity contribution in [2.75, 3.05) is 19.9 Å². The molecular formula is C14H23NO2S. The number of para-hydroxylation sites is 1. The van der Waals surface area contributed by atoms with Crippen LogP contribution < -0.4 is 10.1 Å². The zero-order valence-electron chi connectivity index (χ0n) is 11.8. The molecule has 1 aromatic rings. The Balaban J connectivity index is 2.88. The van der Waals surface area contributed by atoms with Crippen molar-refractivity contribution in [3.05, 3.63) is 24.3 Å². The van der Waals surface area contributed by atoms with Crippen molar-refractivity contribution in [1.29, 1.82) is 0 Å². The van der Waals surface area contributed by atoms with Gasteiger partial charge in [0.05, 0.1) is 22.8 Å². The van der Waals surface area contributed by atoms with Crippen molar-refractivity contribution in [1.82, 2.24) is 5.32 Å². The minimum atomic E-state index is -1.06. The fourth-order valence-corrected chi connectivity index (χ4v) is 3.57. The number of ether oxygens (including phenoxy) is 1. The Morgan fingerprint density at radius 3 is 2.44 bits per heavy atom. The maximum atomic E-state index is 12.4. The van der Waals surface area contributed by atoms with Gasteiger partial charge in [-0.05, 0) is 24.6 Å². The second kappa shape index (κ2) is 6.34. The monoisotopic (exact) mass is 269 g/mol. The Morgan fingerprint density at radius 1 is 1.33 bits per heavy atom. The largest absolute Gasteiger partial charge is 0.495 e. The maximum Gasteiger partial charge on any atom is 0.134 e. The number of benzene rings is 1. The van der Waals surface area contributed by atoms with Gasteiger partial charge in [0.2, 0.25) is 0 Å². The summed E-state index contributed by atoms with van der Waals surface area (Å²) in [5.74, 6) is 1.28. The lowest BCUT2D eigenvalue weighted by atomic mass is 9.88. The zero-order valence-corrected chi connectivity index (χ0v) is 12.6. The molecule has 4 heteroatoms. The lowest BCUT2D eigenvalue weighted by Crippen LogP contribution is -2.42. The molecule has 0 aliphatic heterocycles. The van der Waals surface area contributed by atoms with Gasteiger partial charge in [-0.3, -0.25) is 4.21 Å². The first kappa shape index (κ1) is 15.2. The SMILES string of the molecule is CNC(CS(=O)c1ccccc1OC)C(C)(C)C. The van der Waals surface area contributed by atoms with E-state index in [1.165, 1.54) is 0 Å². The fraction of sp³-hybridized carbons (Fsp3) is 0.571. The minimum Gasteiger partial charge on any atom is -0.495 e. The molecule has 1 aromatic carbocycles. The van der Waals surface area contributed by atoms with E-state index in [0.29, 0.717) is 11.5 Å². The molecule has 1 N–H and O–H groups in total. The van der Waals surface area contributed by atoms with Gasteiger partial charge >= 0.3 is 0 Å². The van der Waals surface area contributed by atoms with E-state index in [0.717, 1.165) is 4.90 Å². The van der Waals surface area contributed by atoms with E-state index in [9.17, 15) is 4.21 Å². The van der Waals surface area contributed by atoms with Gasteiger partial charge in [-0.2, -0.15) is 0 Å². The van der Waals surface area contributed by atoms with Crippen molar-refractivity contribution in [3.63, 3.8) is 0 Å². The van der Waals surface area contributed by atoms with E-state index in [-0.39, 0.29) is 11.5 Å². The van der Waals surface area contributed by atoms with E-state index < -0.39 is 10.8 Å². The van der Waals surface area contributed by atoms with Crippen LogP contribution in [0.25, 0.3) is 0 Å². The third-order valence-electron chi connectivity index (χ3n) is 3.03. The zero-order chi connectivity index (χ0) is 13.8. The van der Waals surface area contributed by atoms with Crippen molar-refractivity contribution in [3.8, 4) is 5.75 Å². The summed E-state index contributed by atoms with van der Waals surface area (Å²) < 4.78 is 17.7. The number of methoxy groups -OCH3 is 1. The van der Waals surface area contributed by atoms with Crippen LogP contribution >= 0.6 is 0 Å². The topological polar surface area (TPSA) is 38.3 Å². The minimum absolute atomic E-state index is 0.0758. The normalized spacial score (nSPS) is 15.2. The summed E-state index contributed by atoms with van der Waals surface area (Å²) >= 11 is 0. The Kier molecular flexibility index (Phi) is 5.35. The molecule has 18 heavy (non-hydrogen) atoms. The van der Waals surface area contributed by atoms with Gasteiger partial charge in [-0.1, -0.05) is 32.9 Å². The van der Waals surface area contributed by atoms with E-state index in [2.05, 4.69) is 26.1 Å². The van der Waals surface area contributed by atoms with Gasteiger partial charge in [0.1, 0.15) is 5.75 Å². The van der Waals surface area contributed by atoms with E-state index in [1.807, 2.05) is 31.3 Å². The molecular weight excluding hydrogens is 246 g/mol. The maximum absolute atomic E-state index is 12.4. The number of hydrogen-bond acceptors (Lipinski definition) is 3. The highest BCUT2D eigenvalue weighted by Gasteiger charge is 2.26. The summed E-state index contributed by atoms with van der Waals surface area (Å²) in [5.41, 5.74) is 0.0758. The molecule has 102 valence electrons. The van der Waals surface area contributed by atoms with Gasteiger partial charge in [0.15, 0.2) is 0 Å². The standard InChI is InChI=1S/C14H23NO2S/c1-14(2,3)13(15-4)10-18(16)12-9-7-6-8-11(12)17-5/h6-9,13,15H,10H2,1-5H3. The summed E-state index contributed by atoms with van der Waals surface area (Å²) in [6.45, 7) is 6.44. The number of nitrogens with one attached hydrogen (secondary N) is 1. The van der Waals surface area contributed by atoms with Crippen molar-refractivity contribution >= 4 is 10.8 Å². The lowest BCUT2D eigenvalue weighted by molar-refractivity contribution is 0.304. The van der Waals surface area contributed by atoms with Crippen LogP contribution in [0.3, 0.4) is 0 Å². The van der Waals surface area contributed by atoms with E-state index in [4.69, 9.17) is 4.74 Å². The highest BCUT2D eigenvalue weighted by atomic mass is 32.2. The fourth-order valence-electron chi connectivity index (χ4n) is 1.81. The van der Waals surface area contributed by atoms with Crippen LogP contribution in [0.2, 0.25) is 0 Å². The molecule has 0 radical (unpaired) electrons. The summed E-state index contributed by atoms with van der Waals surface area (Å²) in [7, 11) is 2.46. The van der Waals surface area contributed by atoms with Gasteiger partial charge < -0.3 is 10.1 Å². The van der Waals surface area contributed by atoms with Gasteiger partial charge in [-0.25, -0.2) is 0 Å². The Hall–Kier alpha value is -0.870. The Morgan fingerprint density at radius 2 is 1.94 bits per heavy atom. The lowest BCUT2D eigenvalue weighted by Gasteiger charge is -2.30. The van der Waals surface area contributed by atoms with E-state index >= 15 is 0 Å². The molecule has 0 aliphatic carbocycles. The van der Waals surface area contributed by atoms with Crippen molar-refractivity contribution in [2.45, 2.75) is 31.7 Å². The first-order valence-corrected chi connectivity index (χ1v) is 7.40. The molecule has 0 aromatic heterocycles. The second-order valence-corrected chi connectivity index (χ2v) is 6.83. The van der Waals surface area contributed by atoms with Gasteiger partial charge in [0.25, 0.3) is 0 Å². The van der Waals surface area contributed by atoms with Crippen LogP contribution in [0, 0.1) is 5.41 Å². The molecule has 0 aliphatic rings. The predicted molar refractivity (Wildman–Crippen MR) is 76.6 cm³/mol. The summed E-state index contributed by atoms with van der Waals surface area (Å²) in [6, 6.07) is 7.69. The third-order valence-corrected chi connectivity index (χ3v) is 4.49. The van der Waals surface area contributed by atoms with Crippen LogP contribution in [0.4, 0.5) is 0 Å². The quantitative estimate of drug-likeness (QED) is 0.892. The van der Waals surface area contributed by atoms with Crippen molar-refractivity contribution < 1.29 is 8.95 Å². The molecule has 0 saturated carbocycles. The van der Waals surface area contributed by atoms with Crippen LogP contribution in [0.5, 0.6) is 5.75 Å². The molecule has 0 saturated heterocycles. The highest BCUT2D eigenvalue weighted by molar-refractivity contribution is 7.85. The molecule has 0 amide bonds. The molecule has 2 atom stereocenters. The van der Waals surface area contributed by atoms with Crippen LogP contribution in [-0.2, 0) is 10.8 Å². The second-order valence-electron chi connectivity index (χ2n) is 5.37. The average Bonchev–Trinajstić information content (AvgIpc) is 2.34. The average molecular weight is 269 g/mol. The highest BCUT2D eigenvalue weighted by Crippen LogP contribution is 2.25. The van der Waals surface area contributed by atoms with Crippen LogP contribution in [0.1, 0.15) is 20.8 Å². The Bertz CT molecular complexity index is 413. The molecule has 3 nitrogen and oxygen atoms in total. The number of hydrogen-bond donors (Lipinski definition) is 1. The van der Waals surface area contributed by atoms with Crippen LogP contribution in [-0.4, -0.2) is 30.2 Å². The third kappa shape index (κ3) is 3.82. The van der Waals surface area contributed by atoms with Gasteiger partial charge in [0, 0.05) is 11.8 Å². The van der Waals surface area contributed by atoms with E-state index in [1.54, 1.807) is 7.11 Å². The first-order chi connectivity index (χ1) is 8.40. The summed E-state index contributed by atoms with van der Waals surface area (Å²) in [4.78, 5) is 0.768. The van der Waals surface area contributed by atoms with Crippen LogP contribution in [0.15, 0.2) is 29.2 Å². The Labute approximate surface area is 112 Å².